The van der Waals surface area contributed by atoms with Gasteiger partial charge in [-0.3, -0.25) is 4.79 Å². The van der Waals surface area contributed by atoms with E-state index in [1.54, 1.807) is 36.5 Å². The first kappa shape index (κ1) is 22.7. The number of hydrogen-bond acceptors (Lipinski definition) is 7. The third-order valence-corrected chi connectivity index (χ3v) is 5.53. The second-order valence-electron chi connectivity index (χ2n) is 7.28. The maximum Gasteiger partial charge on any atom is 0.274 e. The molecule has 0 unspecified atom stereocenters. The number of morpholine rings is 1. The Morgan fingerprint density at radius 3 is 2.61 bits per heavy atom. The van der Waals surface area contributed by atoms with Gasteiger partial charge in [-0.05, 0) is 42.0 Å². The summed E-state index contributed by atoms with van der Waals surface area (Å²) in [5.41, 5.74) is 3.50. The summed E-state index contributed by atoms with van der Waals surface area (Å²) in [7, 11) is 0. The molecule has 7 nitrogen and oxygen atoms in total. The van der Waals surface area contributed by atoms with Gasteiger partial charge in [0.2, 0.25) is 0 Å². The highest BCUT2D eigenvalue weighted by Gasteiger charge is 2.19. The van der Waals surface area contributed by atoms with E-state index in [-0.39, 0.29) is 23.8 Å². The standard InChI is InChI=1S/C23H21F2N5O2S/c24-17-3-1-15(2-4-17)20-12-19(30-7-9-32-10-8-30)14-27-22(20)23(31)28-18-5-6-21(29-33-25)16(11-18)13-26/h1-6,11-14,26,29H,7-10H2,(H,28,31). The Labute approximate surface area is 194 Å². The zero-order valence-electron chi connectivity index (χ0n) is 17.5. The molecule has 0 bridgehead atoms. The van der Waals surface area contributed by atoms with Crippen molar-refractivity contribution in [1.29, 1.82) is 5.41 Å². The number of benzene rings is 2. The summed E-state index contributed by atoms with van der Waals surface area (Å²) in [6.45, 7) is 2.63. The van der Waals surface area contributed by atoms with Gasteiger partial charge in [-0.15, -0.1) is 3.89 Å². The molecule has 2 aromatic carbocycles. The van der Waals surface area contributed by atoms with Crippen molar-refractivity contribution in [2.45, 2.75) is 0 Å². The topological polar surface area (TPSA) is 90.3 Å². The zero-order valence-corrected chi connectivity index (χ0v) is 18.3. The van der Waals surface area contributed by atoms with E-state index >= 15 is 0 Å². The van der Waals surface area contributed by atoms with E-state index in [0.29, 0.717) is 54.4 Å². The van der Waals surface area contributed by atoms with E-state index in [2.05, 4.69) is 19.9 Å². The van der Waals surface area contributed by atoms with Crippen molar-refractivity contribution in [3.63, 3.8) is 0 Å². The molecule has 0 radical (unpaired) electrons. The molecule has 4 rings (SSSR count). The highest BCUT2D eigenvalue weighted by Crippen LogP contribution is 2.29. The summed E-state index contributed by atoms with van der Waals surface area (Å²) in [6, 6.07) is 12.5. The van der Waals surface area contributed by atoms with Crippen LogP contribution in [0.5, 0.6) is 0 Å². The number of anilines is 3. The molecule has 10 heteroatoms. The number of pyridine rings is 1. The number of carbonyl (C=O) groups is 1. The minimum atomic E-state index is -0.459. The van der Waals surface area contributed by atoms with E-state index in [0.717, 1.165) is 11.9 Å². The lowest BCUT2D eigenvalue weighted by atomic mass is 10.0. The van der Waals surface area contributed by atoms with Gasteiger partial charge in [0.25, 0.3) is 5.91 Å². The number of carbonyl (C=O) groups excluding carboxylic acids is 1. The average Bonchev–Trinajstić information content (AvgIpc) is 2.85. The molecular weight excluding hydrogens is 448 g/mol. The predicted molar refractivity (Wildman–Crippen MR) is 127 cm³/mol. The molecule has 3 N–H and O–H groups in total. The third-order valence-electron chi connectivity index (χ3n) is 5.23. The first-order valence-corrected chi connectivity index (χ1v) is 10.9. The smallest absolute Gasteiger partial charge is 0.274 e. The van der Waals surface area contributed by atoms with Crippen LogP contribution in [-0.2, 0) is 4.74 Å². The van der Waals surface area contributed by atoms with Gasteiger partial charge >= 0.3 is 0 Å². The number of halogens is 2. The van der Waals surface area contributed by atoms with Crippen molar-refractivity contribution in [3.8, 4) is 11.1 Å². The Morgan fingerprint density at radius 1 is 1.15 bits per heavy atom. The lowest BCUT2D eigenvalue weighted by Gasteiger charge is -2.29. The van der Waals surface area contributed by atoms with Crippen LogP contribution >= 0.6 is 12.3 Å². The van der Waals surface area contributed by atoms with Crippen LogP contribution in [0.1, 0.15) is 16.1 Å². The number of nitrogens with one attached hydrogen (secondary N) is 3. The molecule has 0 aliphatic carbocycles. The number of aromatic nitrogens is 1. The summed E-state index contributed by atoms with van der Waals surface area (Å²) in [5, 5.41) is 10.3. The van der Waals surface area contributed by atoms with Crippen molar-refractivity contribution in [1.82, 2.24) is 4.98 Å². The highest BCUT2D eigenvalue weighted by atomic mass is 32.2. The Kier molecular flexibility index (Phi) is 7.16. The van der Waals surface area contributed by atoms with Crippen LogP contribution in [0.2, 0.25) is 0 Å². The molecule has 1 amide bonds. The normalized spacial score (nSPS) is 13.5. The molecule has 0 atom stereocenters. The number of ether oxygens (including phenoxy) is 1. The van der Waals surface area contributed by atoms with Crippen molar-refractivity contribution in [2.75, 3.05) is 41.2 Å². The molecular formula is C23H21F2N5O2S. The number of rotatable bonds is 7. The summed E-state index contributed by atoms with van der Waals surface area (Å²) < 4.78 is 33.9. The van der Waals surface area contributed by atoms with Crippen LogP contribution in [0.4, 0.5) is 25.3 Å². The van der Waals surface area contributed by atoms with Gasteiger partial charge in [-0.25, -0.2) is 9.37 Å². The fourth-order valence-corrected chi connectivity index (χ4v) is 3.83. The minimum absolute atomic E-state index is 0.0747. The van der Waals surface area contributed by atoms with Gasteiger partial charge in [-0.2, -0.15) is 0 Å². The lowest BCUT2D eigenvalue weighted by Crippen LogP contribution is -2.36. The lowest BCUT2D eigenvalue weighted by molar-refractivity contribution is 0.102. The second-order valence-corrected chi connectivity index (χ2v) is 7.63. The number of hydrogen-bond donors (Lipinski definition) is 3. The second kappa shape index (κ2) is 10.4. The molecule has 1 fully saturated rings. The van der Waals surface area contributed by atoms with Crippen LogP contribution in [0, 0.1) is 11.2 Å². The zero-order chi connectivity index (χ0) is 23.2. The number of nitrogens with zero attached hydrogens (tertiary/aromatic N) is 2. The monoisotopic (exact) mass is 469 g/mol. The number of amides is 1. The van der Waals surface area contributed by atoms with Gasteiger partial charge in [0.15, 0.2) is 12.3 Å². The highest BCUT2D eigenvalue weighted by molar-refractivity contribution is 7.95. The first-order valence-electron chi connectivity index (χ1n) is 10.2. The molecule has 1 aliphatic heterocycles. The fraction of sp³-hybridized carbons (Fsp3) is 0.174. The molecule has 1 aliphatic rings. The van der Waals surface area contributed by atoms with E-state index in [4.69, 9.17) is 10.1 Å². The van der Waals surface area contributed by atoms with Gasteiger partial charge in [-0.1, -0.05) is 12.1 Å². The predicted octanol–water partition coefficient (Wildman–Crippen LogP) is 4.92. The Bertz CT molecular complexity index is 1150. The Morgan fingerprint density at radius 2 is 1.91 bits per heavy atom. The maximum atomic E-state index is 13.5. The molecule has 0 spiro atoms. The van der Waals surface area contributed by atoms with E-state index < -0.39 is 5.91 Å². The van der Waals surface area contributed by atoms with E-state index in [1.807, 2.05) is 6.07 Å². The molecule has 33 heavy (non-hydrogen) atoms. The molecule has 2 heterocycles. The Balaban J connectivity index is 1.67. The van der Waals surface area contributed by atoms with Gasteiger partial charge < -0.3 is 25.1 Å². The van der Waals surface area contributed by atoms with E-state index in [9.17, 15) is 13.1 Å². The third kappa shape index (κ3) is 5.29. The minimum Gasteiger partial charge on any atom is -0.378 e. The van der Waals surface area contributed by atoms with Gasteiger partial charge in [0.05, 0.1) is 30.8 Å². The van der Waals surface area contributed by atoms with Crippen LogP contribution in [0.15, 0.2) is 54.7 Å². The molecule has 1 aromatic heterocycles. The SMILES string of the molecule is N=Cc1cc(NC(=O)c2ncc(N3CCOCC3)cc2-c2ccc(F)cc2)ccc1NSF. The van der Waals surface area contributed by atoms with Crippen molar-refractivity contribution in [3.05, 3.63) is 71.8 Å². The quantitative estimate of drug-likeness (QED) is 0.336. The van der Waals surface area contributed by atoms with Crippen molar-refractivity contribution >= 4 is 41.5 Å². The van der Waals surface area contributed by atoms with Crippen LogP contribution in [-0.4, -0.2) is 43.4 Å². The summed E-state index contributed by atoms with van der Waals surface area (Å²) in [5.74, 6) is -0.833. The Hall–Kier alpha value is -3.50. The molecule has 0 saturated carbocycles. The van der Waals surface area contributed by atoms with Crippen LogP contribution < -0.4 is 14.9 Å². The maximum absolute atomic E-state index is 13.5. The molecule has 3 aromatic rings. The molecule has 170 valence electrons. The summed E-state index contributed by atoms with van der Waals surface area (Å²) in [4.78, 5) is 19.7. The van der Waals surface area contributed by atoms with Gasteiger partial charge in [0, 0.05) is 36.1 Å². The van der Waals surface area contributed by atoms with Crippen LogP contribution in [0.25, 0.3) is 11.1 Å². The largest absolute Gasteiger partial charge is 0.378 e. The van der Waals surface area contributed by atoms with Crippen molar-refractivity contribution < 1.29 is 17.8 Å². The van der Waals surface area contributed by atoms with E-state index in [1.165, 1.54) is 12.1 Å². The fourth-order valence-electron chi connectivity index (χ4n) is 3.56. The molecule has 1 saturated heterocycles. The van der Waals surface area contributed by atoms with Crippen molar-refractivity contribution in [2.24, 2.45) is 0 Å². The van der Waals surface area contributed by atoms with Gasteiger partial charge in [0.1, 0.15) is 11.5 Å². The average molecular weight is 470 g/mol. The summed E-state index contributed by atoms with van der Waals surface area (Å²) in [6.07, 6.45) is 2.70. The van der Waals surface area contributed by atoms with Crippen LogP contribution in [0.3, 0.4) is 0 Å². The first-order chi connectivity index (χ1) is 16.1. The summed E-state index contributed by atoms with van der Waals surface area (Å²) >= 11 is -0.0747.